The van der Waals surface area contributed by atoms with E-state index in [-0.39, 0.29) is 11.9 Å². The standard InChI is InChI=1S/C15H22N2O2/c1-10-7-12(14(18)8-11(10)2)9-17-6-4-3-5-13(17)15(16)19/h7-8,13,18H,3-6,9H2,1-2H3,(H2,16,19). The lowest BCUT2D eigenvalue weighted by molar-refractivity contribution is -0.124. The maximum atomic E-state index is 11.5. The number of likely N-dealkylation sites (tertiary alicyclic amines) is 1. The molecule has 0 bridgehead atoms. The largest absolute Gasteiger partial charge is 0.508 e. The highest BCUT2D eigenvalue weighted by Crippen LogP contribution is 2.26. The van der Waals surface area contributed by atoms with Crippen LogP contribution in [0.15, 0.2) is 12.1 Å². The molecule has 0 aromatic heterocycles. The third-order valence-electron chi connectivity index (χ3n) is 4.01. The highest BCUT2D eigenvalue weighted by atomic mass is 16.3. The molecule has 1 aromatic carbocycles. The molecule has 104 valence electrons. The van der Waals surface area contributed by atoms with Crippen molar-refractivity contribution in [3.63, 3.8) is 0 Å². The number of phenols is 1. The average molecular weight is 262 g/mol. The molecule has 1 aliphatic rings. The van der Waals surface area contributed by atoms with Gasteiger partial charge in [0.1, 0.15) is 5.75 Å². The summed E-state index contributed by atoms with van der Waals surface area (Å²) in [7, 11) is 0. The van der Waals surface area contributed by atoms with Gasteiger partial charge >= 0.3 is 0 Å². The van der Waals surface area contributed by atoms with E-state index in [9.17, 15) is 9.90 Å². The molecule has 2 rings (SSSR count). The number of aryl methyl sites for hydroxylation is 2. The summed E-state index contributed by atoms with van der Waals surface area (Å²) in [5.74, 6) is 0.0416. The van der Waals surface area contributed by atoms with Crippen LogP contribution < -0.4 is 5.73 Å². The second-order valence-electron chi connectivity index (χ2n) is 5.45. The van der Waals surface area contributed by atoms with Gasteiger partial charge in [0, 0.05) is 12.1 Å². The van der Waals surface area contributed by atoms with Crippen molar-refractivity contribution in [2.45, 2.75) is 45.7 Å². The third-order valence-corrected chi connectivity index (χ3v) is 4.01. The molecule has 0 saturated carbocycles. The number of aromatic hydroxyl groups is 1. The van der Waals surface area contributed by atoms with Crippen molar-refractivity contribution in [1.82, 2.24) is 4.90 Å². The Labute approximate surface area is 114 Å². The van der Waals surface area contributed by atoms with Crippen LogP contribution in [0.3, 0.4) is 0 Å². The minimum Gasteiger partial charge on any atom is -0.508 e. The van der Waals surface area contributed by atoms with E-state index in [1.807, 2.05) is 19.9 Å². The predicted octanol–water partition coefficient (Wildman–Crippen LogP) is 1.85. The number of piperidine rings is 1. The number of primary amides is 1. The van der Waals surface area contributed by atoms with Crippen LogP contribution in [-0.4, -0.2) is 28.5 Å². The number of carbonyl (C=O) groups excluding carboxylic acids is 1. The monoisotopic (exact) mass is 262 g/mol. The first-order chi connectivity index (χ1) is 8.99. The molecule has 1 aromatic rings. The molecular weight excluding hydrogens is 240 g/mol. The maximum Gasteiger partial charge on any atom is 0.234 e. The number of phenolic OH excluding ortho intramolecular Hbond substituents is 1. The summed E-state index contributed by atoms with van der Waals surface area (Å²) in [6.07, 6.45) is 2.94. The number of hydrogen-bond acceptors (Lipinski definition) is 3. The van der Waals surface area contributed by atoms with Gasteiger partial charge in [0.2, 0.25) is 5.91 Å². The molecule has 4 heteroatoms. The number of rotatable bonds is 3. The Morgan fingerprint density at radius 1 is 1.37 bits per heavy atom. The van der Waals surface area contributed by atoms with E-state index in [1.165, 1.54) is 0 Å². The summed E-state index contributed by atoms with van der Waals surface area (Å²) in [4.78, 5) is 13.6. The van der Waals surface area contributed by atoms with Crippen LogP contribution in [0.2, 0.25) is 0 Å². The van der Waals surface area contributed by atoms with Gasteiger partial charge in [-0.2, -0.15) is 0 Å². The molecule has 4 nitrogen and oxygen atoms in total. The lowest BCUT2D eigenvalue weighted by Gasteiger charge is -2.33. The molecule has 1 aliphatic heterocycles. The van der Waals surface area contributed by atoms with E-state index in [4.69, 9.17) is 5.73 Å². The van der Waals surface area contributed by atoms with Gasteiger partial charge in [-0.05, 0) is 50.4 Å². The minimum atomic E-state index is -0.261. The zero-order valence-electron chi connectivity index (χ0n) is 11.6. The van der Waals surface area contributed by atoms with Gasteiger partial charge in [0.05, 0.1) is 6.04 Å². The van der Waals surface area contributed by atoms with Gasteiger partial charge in [-0.15, -0.1) is 0 Å². The van der Waals surface area contributed by atoms with Crippen LogP contribution in [0.4, 0.5) is 0 Å². The van der Waals surface area contributed by atoms with Crippen molar-refractivity contribution < 1.29 is 9.90 Å². The molecular formula is C15H22N2O2. The molecule has 1 atom stereocenters. The van der Waals surface area contributed by atoms with Crippen molar-refractivity contribution in [3.05, 3.63) is 28.8 Å². The van der Waals surface area contributed by atoms with E-state index in [0.717, 1.165) is 42.5 Å². The quantitative estimate of drug-likeness (QED) is 0.873. The van der Waals surface area contributed by atoms with E-state index in [0.29, 0.717) is 12.3 Å². The molecule has 1 heterocycles. The highest BCUT2D eigenvalue weighted by Gasteiger charge is 2.27. The summed E-state index contributed by atoms with van der Waals surface area (Å²) in [5, 5.41) is 10.0. The molecule has 1 unspecified atom stereocenters. The average Bonchev–Trinajstić information content (AvgIpc) is 2.36. The number of amides is 1. The van der Waals surface area contributed by atoms with Crippen LogP contribution in [-0.2, 0) is 11.3 Å². The zero-order valence-corrected chi connectivity index (χ0v) is 11.6. The molecule has 0 spiro atoms. The summed E-state index contributed by atoms with van der Waals surface area (Å²) in [6, 6.07) is 3.58. The lowest BCUT2D eigenvalue weighted by atomic mass is 9.99. The normalized spacial score (nSPS) is 20.4. The SMILES string of the molecule is Cc1cc(O)c(CN2CCCCC2C(N)=O)cc1C. The van der Waals surface area contributed by atoms with Gasteiger partial charge in [0.15, 0.2) is 0 Å². The van der Waals surface area contributed by atoms with Gasteiger partial charge in [-0.25, -0.2) is 0 Å². The number of carbonyl (C=O) groups is 1. The summed E-state index contributed by atoms with van der Waals surface area (Å²) in [5.41, 5.74) is 8.56. The van der Waals surface area contributed by atoms with E-state index in [2.05, 4.69) is 4.90 Å². The van der Waals surface area contributed by atoms with Crippen molar-refractivity contribution in [2.75, 3.05) is 6.54 Å². The Bertz CT molecular complexity index is 485. The molecule has 0 radical (unpaired) electrons. The number of hydrogen-bond donors (Lipinski definition) is 2. The topological polar surface area (TPSA) is 66.6 Å². The zero-order chi connectivity index (χ0) is 14.0. The van der Waals surface area contributed by atoms with Crippen LogP contribution in [0.5, 0.6) is 5.75 Å². The lowest BCUT2D eigenvalue weighted by Crippen LogP contribution is -2.47. The fourth-order valence-corrected chi connectivity index (χ4v) is 2.71. The Kier molecular flexibility index (Phi) is 4.10. The Balaban J connectivity index is 2.19. The summed E-state index contributed by atoms with van der Waals surface area (Å²) >= 11 is 0. The van der Waals surface area contributed by atoms with Crippen molar-refractivity contribution in [2.24, 2.45) is 5.73 Å². The molecule has 0 aliphatic carbocycles. The molecule has 3 N–H and O–H groups in total. The van der Waals surface area contributed by atoms with Crippen molar-refractivity contribution in [1.29, 1.82) is 0 Å². The van der Waals surface area contributed by atoms with Crippen LogP contribution >= 0.6 is 0 Å². The first kappa shape index (κ1) is 13.9. The highest BCUT2D eigenvalue weighted by molar-refractivity contribution is 5.79. The second-order valence-corrected chi connectivity index (χ2v) is 5.45. The number of nitrogens with zero attached hydrogens (tertiary/aromatic N) is 1. The van der Waals surface area contributed by atoms with Gasteiger partial charge in [-0.3, -0.25) is 9.69 Å². The van der Waals surface area contributed by atoms with Crippen molar-refractivity contribution >= 4 is 5.91 Å². The van der Waals surface area contributed by atoms with Crippen LogP contribution in [0.25, 0.3) is 0 Å². The molecule has 1 fully saturated rings. The van der Waals surface area contributed by atoms with E-state index >= 15 is 0 Å². The molecule has 1 amide bonds. The minimum absolute atomic E-state index is 0.199. The number of benzene rings is 1. The predicted molar refractivity (Wildman–Crippen MR) is 74.8 cm³/mol. The Morgan fingerprint density at radius 2 is 2.05 bits per heavy atom. The summed E-state index contributed by atoms with van der Waals surface area (Å²) < 4.78 is 0. The fourth-order valence-electron chi connectivity index (χ4n) is 2.71. The smallest absolute Gasteiger partial charge is 0.234 e. The summed E-state index contributed by atoms with van der Waals surface area (Å²) in [6.45, 7) is 5.45. The van der Waals surface area contributed by atoms with Crippen molar-refractivity contribution in [3.8, 4) is 5.75 Å². The van der Waals surface area contributed by atoms with E-state index in [1.54, 1.807) is 6.07 Å². The maximum absolute atomic E-state index is 11.5. The first-order valence-corrected chi connectivity index (χ1v) is 6.81. The molecule has 19 heavy (non-hydrogen) atoms. The first-order valence-electron chi connectivity index (χ1n) is 6.81. The Morgan fingerprint density at radius 3 is 2.74 bits per heavy atom. The number of nitrogens with two attached hydrogens (primary N) is 1. The second kappa shape index (κ2) is 5.61. The van der Waals surface area contributed by atoms with Gasteiger partial charge < -0.3 is 10.8 Å². The fraction of sp³-hybridized carbons (Fsp3) is 0.533. The van der Waals surface area contributed by atoms with E-state index < -0.39 is 0 Å². The van der Waals surface area contributed by atoms with Gasteiger partial charge in [-0.1, -0.05) is 12.5 Å². The van der Waals surface area contributed by atoms with Crippen LogP contribution in [0.1, 0.15) is 36.0 Å². The van der Waals surface area contributed by atoms with Crippen LogP contribution in [0, 0.1) is 13.8 Å². The third kappa shape index (κ3) is 3.07. The van der Waals surface area contributed by atoms with Gasteiger partial charge in [0.25, 0.3) is 0 Å². The molecule has 1 saturated heterocycles. The Hall–Kier alpha value is -1.55.